The Morgan fingerprint density at radius 1 is 0.714 bits per heavy atom. The summed E-state index contributed by atoms with van der Waals surface area (Å²) >= 11 is 0. The van der Waals surface area contributed by atoms with Gasteiger partial charge in [-0.05, 0) is 47.7 Å². The Labute approximate surface area is 128 Å². The Bertz CT molecular complexity index is 695. The van der Waals surface area contributed by atoms with E-state index in [9.17, 15) is 0 Å². The molecule has 3 rings (SSSR count). The summed E-state index contributed by atoms with van der Waals surface area (Å²) in [6, 6.07) is 13.5. The van der Waals surface area contributed by atoms with Crippen molar-refractivity contribution in [2.75, 3.05) is 23.9 Å². The fourth-order valence-corrected chi connectivity index (χ4v) is 2.99. The van der Waals surface area contributed by atoms with Gasteiger partial charge >= 0.3 is 0 Å². The Balaban J connectivity index is 2.18. The monoisotopic (exact) mass is 280 g/mol. The van der Waals surface area contributed by atoms with E-state index in [0.717, 1.165) is 0 Å². The molecule has 0 bridgehead atoms. The van der Waals surface area contributed by atoms with E-state index in [-0.39, 0.29) is 5.41 Å². The molecule has 21 heavy (non-hydrogen) atoms. The molecule has 0 amide bonds. The van der Waals surface area contributed by atoms with Crippen molar-refractivity contribution < 1.29 is 0 Å². The highest BCUT2D eigenvalue weighted by molar-refractivity contribution is 5.93. The molecule has 110 valence electrons. The molecule has 2 aromatic carbocycles. The number of rotatable bonds is 0. The van der Waals surface area contributed by atoms with Gasteiger partial charge in [-0.15, -0.1) is 0 Å². The van der Waals surface area contributed by atoms with Gasteiger partial charge in [0.1, 0.15) is 0 Å². The number of hydrogen-bond acceptors (Lipinski definition) is 2. The van der Waals surface area contributed by atoms with Crippen LogP contribution in [-0.2, 0) is 5.41 Å². The van der Waals surface area contributed by atoms with E-state index in [4.69, 9.17) is 0 Å². The highest BCUT2D eigenvalue weighted by atomic mass is 15.2. The largest absolute Gasteiger partial charge is 0.341 e. The highest BCUT2D eigenvalue weighted by Crippen LogP contribution is 2.47. The fourth-order valence-electron chi connectivity index (χ4n) is 2.99. The predicted octanol–water partition coefficient (Wildman–Crippen LogP) is 5.14. The van der Waals surface area contributed by atoms with Crippen LogP contribution in [-0.4, -0.2) is 14.1 Å². The van der Waals surface area contributed by atoms with Crippen molar-refractivity contribution in [1.82, 2.24) is 0 Å². The van der Waals surface area contributed by atoms with Crippen LogP contribution in [0.4, 0.5) is 22.7 Å². The van der Waals surface area contributed by atoms with Crippen molar-refractivity contribution in [1.29, 1.82) is 0 Å². The minimum Gasteiger partial charge on any atom is -0.341 e. The number of aryl methyl sites for hydroxylation is 1. The van der Waals surface area contributed by atoms with Crippen LogP contribution in [0.3, 0.4) is 0 Å². The van der Waals surface area contributed by atoms with Crippen molar-refractivity contribution in [2.24, 2.45) is 0 Å². The van der Waals surface area contributed by atoms with Gasteiger partial charge in [0, 0.05) is 14.1 Å². The van der Waals surface area contributed by atoms with Gasteiger partial charge in [0.2, 0.25) is 0 Å². The van der Waals surface area contributed by atoms with Crippen LogP contribution in [0.5, 0.6) is 0 Å². The lowest BCUT2D eigenvalue weighted by Gasteiger charge is -2.37. The molecule has 1 heterocycles. The summed E-state index contributed by atoms with van der Waals surface area (Å²) in [5.41, 5.74) is 7.92. The predicted molar refractivity (Wildman–Crippen MR) is 92.4 cm³/mol. The standard InChI is InChI=1S/C19H24N2/c1-13-7-9-15-17(11-13)20(5)16-10-8-14(19(2,3)4)12-18(16)21(15)6/h7-12H,1-6H3. The molecule has 2 nitrogen and oxygen atoms in total. The van der Waals surface area contributed by atoms with Crippen LogP contribution in [0.15, 0.2) is 36.4 Å². The van der Waals surface area contributed by atoms with Gasteiger partial charge in [-0.25, -0.2) is 0 Å². The first kappa shape index (κ1) is 14.0. The summed E-state index contributed by atoms with van der Waals surface area (Å²) < 4.78 is 0. The van der Waals surface area contributed by atoms with Crippen LogP contribution in [0, 0.1) is 6.92 Å². The Morgan fingerprint density at radius 2 is 1.24 bits per heavy atom. The lowest BCUT2D eigenvalue weighted by molar-refractivity contribution is 0.590. The minimum absolute atomic E-state index is 0.169. The average Bonchev–Trinajstić information content (AvgIpc) is 2.43. The molecule has 0 N–H and O–H groups in total. The van der Waals surface area contributed by atoms with Crippen LogP contribution in [0.25, 0.3) is 0 Å². The Hall–Kier alpha value is -1.96. The molecule has 2 heteroatoms. The molecule has 0 saturated carbocycles. The third-order valence-corrected chi connectivity index (χ3v) is 4.42. The van der Waals surface area contributed by atoms with E-state index in [2.05, 4.69) is 88.0 Å². The van der Waals surface area contributed by atoms with Crippen LogP contribution < -0.4 is 9.80 Å². The van der Waals surface area contributed by atoms with E-state index in [1.165, 1.54) is 33.9 Å². The number of hydrogen-bond donors (Lipinski definition) is 0. The Kier molecular flexibility index (Phi) is 3.01. The molecule has 0 aliphatic carbocycles. The van der Waals surface area contributed by atoms with Gasteiger partial charge in [-0.3, -0.25) is 0 Å². The average molecular weight is 280 g/mol. The number of nitrogens with zero attached hydrogens (tertiary/aromatic N) is 2. The molecule has 0 saturated heterocycles. The second kappa shape index (κ2) is 4.52. The van der Waals surface area contributed by atoms with Crippen LogP contribution in [0.1, 0.15) is 31.9 Å². The summed E-state index contributed by atoms with van der Waals surface area (Å²) in [6.45, 7) is 8.93. The quantitative estimate of drug-likeness (QED) is 0.659. The summed E-state index contributed by atoms with van der Waals surface area (Å²) in [4.78, 5) is 4.60. The number of fused-ring (bicyclic) bond motifs is 2. The maximum atomic E-state index is 2.33. The van der Waals surface area contributed by atoms with Gasteiger partial charge in [0.05, 0.1) is 22.7 Å². The molecule has 0 spiro atoms. The molecule has 0 unspecified atom stereocenters. The summed E-state index contributed by atoms with van der Waals surface area (Å²) in [6.07, 6.45) is 0. The molecule has 0 fully saturated rings. The maximum Gasteiger partial charge on any atom is 0.0652 e. The minimum atomic E-state index is 0.169. The second-order valence-corrected chi connectivity index (χ2v) is 7.06. The zero-order chi connectivity index (χ0) is 15.4. The van der Waals surface area contributed by atoms with Crippen molar-refractivity contribution in [3.8, 4) is 0 Å². The van der Waals surface area contributed by atoms with Gasteiger partial charge in [0.25, 0.3) is 0 Å². The lowest BCUT2D eigenvalue weighted by atomic mass is 9.86. The SMILES string of the molecule is Cc1ccc2c(c1)N(C)c1ccc(C(C)(C)C)cc1N2C. The van der Waals surface area contributed by atoms with Gasteiger partial charge in [-0.2, -0.15) is 0 Å². The molecule has 1 aliphatic heterocycles. The molecule has 0 aromatic heterocycles. The van der Waals surface area contributed by atoms with Gasteiger partial charge in [0.15, 0.2) is 0 Å². The van der Waals surface area contributed by atoms with Crippen LogP contribution >= 0.6 is 0 Å². The van der Waals surface area contributed by atoms with E-state index in [1.807, 2.05) is 0 Å². The van der Waals surface area contributed by atoms with Crippen molar-refractivity contribution in [3.05, 3.63) is 47.5 Å². The maximum absolute atomic E-state index is 2.33. The van der Waals surface area contributed by atoms with Gasteiger partial charge in [-0.1, -0.05) is 32.9 Å². The van der Waals surface area contributed by atoms with Crippen molar-refractivity contribution in [2.45, 2.75) is 33.1 Å². The number of anilines is 4. The number of benzene rings is 2. The van der Waals surface area contributed by atoms with E-state index in [1.54, 1.807) is 0 Å². The zero-order valence-electron chi connectivity index (χ0n) is 13.9. The first-order valence-electron chi connectivity index (χ1n) is 7.51. The molecular formula is C19H24N2. The second-order valence-electron chi connectivity index (χ2n) is 7.06. The third kappa shape index (κ3) is 2.19. The third-order valence-electron chi connectivity index (χ3n) is 4.42. The van der Waals surface area contributed by atoms with Crippen LogP contribution in [0.2, 0.25) is 0 Å². The summed E-state index contributed by atoms with van der Waals surface area (Å²) in [7, 11) is 4.31. The normalized spacial score (nSPS) is 14.0. The van der Waals surface area contributed by atoms with E-state index in [0.29, 0.717) is 0 Å². The molecule has 0 radical (unpaired) electrons. The first-order valence-corrected chi connectivity index (χ1v) is 7.51. The Morgan fingerprint density at radius 3 is 1.81 bits per heavy atom. The van der Waals surface area contributed by atoms with Crippen molar-refractivity contribution >= 4 is 22.7 Å². The molecule has 1 aliphatic rings. The summed E-state index contributed by atoms with van der Waals surface area (Å²) in [5.74, 6) is 0. The van der Waals surface area contributed by atoms with Gasteiger partial charge < -0.3 is 9.80 Å². The van der Waals surface area contributed by atoms with E-state index < -0.39 is 0 Å². The fraction of sp³-hybridized carbons (Fsp3) is 0.368. The first-order chi connectivity index (χ1) is 9.79. The van der Waals surface area contributed by atoms with Crippen molar-refractivity contribution in [3.63, 3.8) is 0 Å². The molecular weight excluding hydrogens is 256 g/mol. The lowest BCUT2D eigenvalue weighted by Crippen LogP contribution is -2.25. The van der Waals surface area contributed by atoms with E-state index >= 15 is 0 Å². The highest BCUT2D eigenvalue weighted by Gasteiger charge is 2.25. The molecule has 0 atom stereocenters. The molecule has 2 aromatic rings. The zero-order valence-corrected chi connectivity index (χ0v) is 13.9. The topological polar surface area (TPSA) is 6.48 Å². The summed E-state index contributed by atoms with van der Waals surface area (Å²) in [5, 5.41) is 0. The smallest absolute Gasteiger partial charge is 0.0652 e.